The topological polar surface area (TPSA) is 24.1 Å². The highest BCUT2D eigenvalue weighted by Gasteiger charge is 2.18. The molecule has 0 aliphatic heterocycles. The van der Waals surface area contributed by atoms with Crippen molar-refractivity contribution >= 4 is 22.7 Å². The van der Waals surface area contributed by atoms with Gasteiger partial charge in [0.1, 0.15) is 0 Å². The number of hydrogen-bond donors (Lipinski definition) is 2. The molecule has 2 nitrogen and oxygen atoms in total. The highest BCUT2D eigenvalue weighted by atomic mass is 14.9. The first-order chi connectivity index (χ1) is 19.6. The van der Waals surface area contributed by atoms with Crippen molar-refractivity contribution in [1.29, 1.82) is 0 Å². The molecule has 0 aliphatic carbocycles. The van der Waals surface area contributed by atoms with Gasteiger partial charge >= 0.3 is 0 Å². The van der Waals surface area contributed by atoms with Crippen molar-refractivity contribution in [1.82, 2.24) is 0 Å². The van der Waals surface area contributed by atoms with E-state index >= 15 is 0 Å². The summed E-state index contributed by atoms with van der Waals surface area (Å²) in [6, 6.07) is 51.6. The molecule has 6 aromatic rings. The Balaban J connectivity index is 1.48. The van der Waals surface area contributed by atoms with Crippen LogP contribution >= 0.6 is 0 Å². The molecule has 0 spiro atoms. The lowest BCUT2D eigenvalue weighted by molar-refractivity contribution is 1.45. The number of rotatable bonds is 7. The Hall–Kier alpha value is -5.08. The third-order valence-electron chi connectivity index (χ3n) is 7.20. The van der Waals surface area contributed by atoms with Gasteiger partial charge in [-0.1, -0.05) is 114 Å². The lowest BCUT2D eigenvalue weighted by Crippen LogP contribution is -1.98. The Morgan fingerprint density at radius 1 is 0.350 bits per heavy atom. The lowest BCUT2D eigenvalue weighted by atomic mass is 9.86. The summed E-state index contributed by atoms with van der Waals surface area (Å²) in [5.74, 6) is 0. The molecule has 0 aliphatic rings. The van der Waals surface area contributed by atoms with Crippen molar-refractivity contribution in [3.63, 3.8) is 0 Å². The van der Waals surface area contributed by atoms with Crippen LogP contribution in [-0.4, -0.2) is 0 Å². The van der Waals surface area contributed by atoms with Crippen LogP contribution in [0.1, 0.15) is 11.1 Å². The SMILES string of the molecule is Cc1ccc(Nc2ccc(-c3ccc(Nc4ccc(C)cc4)c(-c4ccccc4)c3-c3ccccc3)cc2)cc1. The molecule has 194 valence electrons. The quantitative estimate of drug-likeness (QED) is 0.220. The molecule has 6 rings (SSSR count). The summed E-state index contributed by atoms with van der Waals surface area (Å²) in [7, 11) is 0. The summed E-state index contributed by atoms with van der Waals surface area (Å²) < 4.78 is 0. The highest BCUT2D eigenvalue weighted by Crippen LogP contribution is 2.45. The summed E-state index contributed by atoms with van der Waals surface area (Å²) in [5.41, 5.74) is 13.9. The van der Waals surface area contributed by atoms with E-state index in [1.807, 2.05) is 0 Å². The van der Waals surface area contributed by atoms with Gasteiger partial charge in [0.2, 0.25) is 0 Å². The second-order valence-corrected chi connectivity index (χ2v) is 10.2. The Labute approximate surface area is 237 Å². The van der Waals surface area contributed by atoms with Crippen molar-refractivity contribution in [2.75, 3.05) is 10.6 Å². The number of hydrogen-bond acceptors (Lipinski definition) is 2. The molecule has 0 heterocycles. The molecule has 0 radical (unpaired) electrons. The van der Waals surface area contributed by atoms with E-state index in [0.29, 0.717) is 0 Å². The number of aryl methyl sites for hydroxylation is 2. The maximum Gasteiger partial charge on any atom is 0.0470 e. The minimum atomic E-state index is 1.06. The van der Waals surface area contributed by atoms with Crippen LogP contribution in [-0.2, 0) is 0 Å². The van der Waals surface area contributed by atoms with Gasteiger partial charge in [-0.3, -0.25) is 0 Å². The normalized spacial score (nSPS) is 10.8. The van der Waals surface area contributed by atoms with Crippen molar-refractivity contribution in [2.45, 2.75) is 13.8 Å². The van der Waals surface area contributed by atoms with Crippen LogP contribution in [0.2, 0.25) is 0 Å². The first-order valence-electron chi connectivity index (χ1n) is 13.7. The molecular weight excluding hydrogens is 484 g/mol. The van der Waals surface area contributed by atoms with Crippen LogP contribution < -0.4 is 10.6 Å². The standard InChI is InChI=1S/C38H32N2/c1-27-13-19-32(20-14-27)39-33-23-17-29(18-24-33)35-25-26-36(40-34-21-15-28(2)16-22-34)38(31-11-7-4-8-12-31)37(35)30-9-5-3-6-10-30/h3-26,39-40H,1-2H3. The van der Waals surface area contributed by atoms with E-state index in [2.05, 4.69) is 170 Å². The maximum atomic E-state index is 3.72. The predicted molar refractivity (Wildman–Crippen MR) is 172 cm³/mol. The van der Waals surface area contributed by atoms with E-state index in [1.165, 1.54) is 44.5 Å². The van der Waals surface area contributed by atoms with Crippen molar-refractivity contribution < 1.29 is 0 Å². The Morgan fingerprint density at radius 3 is 1.32 bits per heavy atom. The van der Waals surface area contributed by atoms with Gasteiger partial charge in [0.05, 0.1) is 0 Å². The van der Waals surface area contributed by atoms with Gasteiger partial charge in [0, 0.05) is 28.3 Å². The van der Waals surface area contributed by atoms with Crippen molar-refractivity contribution in [2.24, 2.45) is 0 Å². The van der Waals surface area contributed by atoms with Crippen molar-refractivity contribution in [3.05, 3.63) is 157 Å². The van der Waals surface area contributed by atoms with Crippen LogP contribution in [0.3, 0.4) is 0 Å². The summed E-state index contributed by atoms with van der Waals surface area (Å²) in [6.45, 7) is 4.22. The van der Waals surface area contributed by atoms with E-state index in [4.69, 9.17) is 0 Å². The van der Waals surface area contributed by atoms with Crippen LogP contribution in [0.5, 0.6) is 0 Å². The average Bonchev–Trinajstić information content (AvgIpc) is 3.00. The van der Waals surface area contributed by atoms with Gasteiger partial charge in [-0.2, -0.15) is 0 Å². The van der Waals surface area contributed by atoms with E-state index in [-0.39, 0.29) is 0 Å². The van der Waals surface area contributed by atoms with Gasteiger partial charge in [0.15, 0.2) is 0 Å². The maximum absolute atomic E-state index is 3.72. The smallest absolute Gasteiger partial charge is 0.0470 e. The zero-order chi connectivity index (χ0) is 27.3. The fourth-order valence-electron chi connectivity index (χ4n) is 5.09. The van der Waals surface area contributed by atoms with Gasteiger partial charge in [0.25, 0.3) is 0 Å². The second kappa shape index (κ2) is 11.3. The molecule has 0 unspecified atom stereocenters. The number of benzene rings is 6. The summed E-state index contributed by atoms with van der Waals surface area (Å²) >= 11 is 0. The van der Waals surface area contributed by atoms with Crippen LogP contribution in [0.4, 0.5) is 22.7 Å². The van der Waals surface area contributed by atoms with E-state index in [1.54, 1.807) is 0 Å². The first-order valence-corrected chi connectivity index (χ1v) is 13.7. The predicted octanol–water partition coefficient (Wildman–Crippen LogP) is 10.8. The van der Waals surface area contributed by atoms with E-state index < -0.39 is 0 Å². The lowest BCUT2D eigenvalue weighted by Gasteiger charge is -2.21. The summed E-state index contributed by atoms with van der Waals surface area (Å²) in [4.78, 5) is 0. The number of anilines is 4. The molecule has 0 bridgehead atoms. The molecule has 0 atom stereocenters. The molecule has 0 saturated heterocycles. The summed E-state index contributed by atoms with van der Waals surface area (Å²) in [5, 5.41) is 7.24. The molecule has 0 fully saturated rings. The molecule has 2 heteroatoms. The molecule has 40 heavy (non-hydrogen) atoms. The fourth-order valence-corrected chi connectivity index (χ4v) is 5.09. The zero-order valence-corrected chi connectivity index (χ0v) is 22.9. The average molecular weight is 517 g/mol. The third kappa shape index (κ3) is 5.52. The molecule has 0 aromatic heterocycles. The Bertz CT molecular complexity index is 1700. The van der Waals surface area contributed by atoms with Crippen LogP contribution in [0.15, 0.2) is 146 Å². The molecule has 0 amide bonds. The van der Waals surface area contributed by atoms with E-state index in [0.717, 1.165) is 22.7 Å². The monoisotopic (exact) mass is 516 g/mol. The first kappa shape index (κ1) is 25.2. The third-order valence-corrected chi connectivity index (χ3v) is 7.20. The number of nitrogens with one attached hydrogen (secondary N) is 2. The van der Waals surface area contributed by atoms with Gasteiger partial charge in [-0.25, -0.2) is 0 Å². The molecule has 6 aromatic carbocycles. The minimum Gasteiger partial charge on any atom is -0.356 e. The minimum absolute atomic E-state index is 1.06. The van der Waals surface area contributed by atoms with Crippen LogP contribution in [0.25, 0.3) is 33.4 Å². The Morgan fingerprint density at radius 2 is 0.800 bits per heavy atom. The second-order valence-electron chi connectivity index (χ2n) is 10.2. The van der Waals surface area contributed by atoms with Crippen molar-refractivity contribution in [3.8, 4) is 33.4 Å². The highest BCUT2D eigenvalue weighted by molar-refractivity contribution is 6.01. The van der Waals surface area contributed by atoms with Gasteiger partial charge in [-0.05, 0) is 84.1 Å². The van der Waals surface area contributed by atoms with Gasteiger partial charge in [-0.15, -0.1) is 0 Å². The molecule has 2 N–H and O–H groups in total. The summed E-state index contributed by atoms with van der Waals surface area (Å²) in [6.07, 6.45) is 0. The molecular formula is C38H32N2. The Kier molecular flexibility index (Phi) is 7.15. The largest absolute Gasteiger partial charge is 0.356 e. The fraction of sp³-hybridized carbons (Fsp3) is 0.0526. The van der Waals surface area contributed by atoms with Gasteiger partial charge < -0.3 is 10.6 Å². The van der Waals surface area contributed by atoms with Crippen LogP contribution in [0, 0.1) is 13.8 Å². The van der Waals surface area contributed by atoms with E-state index in [9.17, 15) is 0 Å². The zero-order valence-electron chi connectivity index (χ0n) is 22.9. The molecule has 0 saturated carbocycles.